The van der Waals surface area contributed by atoms with Crippen LogP contribution >= 0.6 is 12.4 Å². The van der Waals surface area contributed by atoms with E-state index in [4.69, 9.17) is 0 Å². The second-order valence-corrected chi connectivity index (χ2v) is 5.80. The van der Waals surface area contributed by atoms with Gasteiger partial charge in [0.1, 0.15) is 5.82 Å². The molecule has 1 aromatic rings. The summed E-state index contributed by atoms with van der Waals surface area (Å²) in [5, 5.41) is 6.28. The fourth-order valence-corrected chi connectivity index (χ4v) is 2.74. The number of benzene rings is 1. The van der Waals surface area contributed by atoms with Crippen LogP contribution in [0.3, 0.4) is 0 Å². The molecule has 1 aliphatic heterocycles. The minimum Gasteiger partial charge on any atom is -0.354 e. The molecule has 1 amide bonds. The summed E-state index contributed by atoms with van der Waals surface area (Å²) in [5.74, 6) is -0.0367. The molecule has 6 heteroatoms. The van der Waals surface area contributed by atoms with Crippen LogP contribution in [0.5, 0.6) is 0 Å². The highest BCUT2D eigenvalue weighted by atomic mass is 35.5. The third-order valence-electron chi connectivity index (χ3n) is 4.04. The smallest absolute Gasteiger partial charge is 0.223 e. The highest BCUT2D eigenvalue weighted by Crippen LogP contribution is 2.19. The molecular weight excluding hydrogens is 305 g/mol. The Morgan fingerprint density at radius 3 is 2.68 bits per heavy atom. The second kappa shape index (κ2) is 9.08. The number of rotatable bonds is 5. The van der Waals surface area contributed by atoms with Crippen LogP contribution in [-0.2, 0) is 4.79 Å². The first kappa shape index (κ1) is 18.9. The van der Waals surface area contributed by atoms with Crippen LogP contribution in [0, 0.1) is 11.7 Å². The van der Waals surface area contributed by atoms with Crippen molar-refractivity contribution in [2.75, 3.05) is 33.7 Å². The van der Waals surface area contributed by atoms with Crippen LogP contribution in [0.2, 0.25) is 0 Å². The third-order valence-corrected chi connectivity index (χ3v) is 4.04. The predicted octanol–water partition coefficient (Wildman–Crippen LogP) is 1.97. The van der Waals surface area contributed by atoms with Crippen molar-refractivity contribution in [2.24, 2.45) is 5.92 Å². The number of carbonyl (C=O) groups is 1. The lowest BCUT2D eigenvalue weighted by Gasteiger charge is -2.27. The van der Waals surface area contributed by atoms with Crippen LogP contribution in [0.4, 0.5) is 4.39 Å². The fourth-order valence-electron chi connectivity index (χ4n) is 2.74. The summed E-state index contributed by atoms with van der Waals surface area (Å²) in [6, 6.07) is 6.54. The number of piperidine rings is 1. The number of carbonyl (C=O) groups excluding carboxylic acids is 1. The Morgan fingerprint density at radius 1 is 1.41 bits per heavy atom. The monoisotopic (exact) mass is 329 g/mol. The zero-order valence-electron chi connectivity index (χ0n) is 13.1. The van der Waals surface area contributed by atoms with Gasteiger partial charge in [0.05, 0.1) is 6.04 Å². The maximum absolute atomic E-state index is 13.4. The van der Waals surface area contributed by atoms with Gasteiger partial charge in [0.15, 0.2) is 0 Å². The van der Waals surface area contributed by atoms with E-state index in [0.717, 1.165) is 31.5 Å². The van der Waals surface area contributed by atoms with Crippen molar-refractivity contribution in [3.63, 3.8) is 0 Å². The average Bonchev–Trinajstić information content (AvgIpc) is 2.48. The number of hydrogen-bond acceptors (Lipinski definition) is 3. The van der Waals surface area contributed by atoms with Crippen LogP contribution in [-0.4, -0.2) is 44.5 Å². The Hall–Kier alpha value is -1.17. The lowest BCUT2D eigenvalue weighted by atomic mass is 9.97. The topological polar surface area (TPSA) is 44.4 Å². The number of halogens is 2. The summed E-state index contributed by atoms with van der Waals surface area (Å²) in [4.78, 5) is 14.2. The lowest BCUT2D eigenvalue weighted by Crippen LogP contribution is -2.41. The standard InChI is InChI=1S/C16H24FN3O.ClH/c1-20(2)15(13-4-3-5-14(17)10-13)11-19-16(21)12-6-8-18-9-7-12;/h3-5,10,12,15,18H,6-9,11H2,1-2H3,(H,19,21);1H. The molecule has 4 nitrogen and oxygen atoms in total. The molecular formula is C16H25ClFN3O. The van der Waals surface area contributed by atoms with Gasteiger partial charge >= 0.3 is 0 Å². The normalized spacial score (nSPS) is 16.9. The Labute approximate surface area is 137 Å². The highest BCUT2D eigenvalue weighted by molar-refractivity contribution is 5.85. The highest BCUT2D eigenvalue weighted by Gasteiger charge is 2.22. The summed E-state index contributed by atoms with van der Waals surface area (Å²) >= 11 is 0. The Morgan fingerprint density at radius 2 is 2.09 bits per heavy atom. The van der Waals surface area contributed by atoms with Crippen molar-refractivity contribution in [1.82, 2.24) is 15.5 Å². The minimum absolute atomic E-state index is 0. The summed E-state index contributed by atoms with van der Waals surface area (Å²) in [5.41, 5.74) is 0.880. The van der Waals surface area contributed by atoms with Crippen molar-refractivity contribution >= 4 is 18.3 Å². The van der Waals surface area contributed by atoms with Crippen molar-refractivity contribution < 1.29 is 9.18 Å². The Bertz CT molecular complexity index is 478. The first-order valence-corrected chi connectivity index (χ1v) is 7.48. The second-order valence-electron chi connectivity index (χ2n) is 5.80. The van der Waals surface area contributed by atoms with Crippen LogP contribution in [0.15, 0.2) is 24.3 Å². The first-order chi connectivity index (χ1) is 10.1. The average molecular weight is 330 g/mol. The molecule has 0 bridgehead atoms. The number of likely N-dealkylation sites (N-methyl/N-ethyl adjacent to an activating group) is 1. The molecule has 1 aromatic carbocycles. The molecule has 1 aliphatic rings. The van der Waals surface area contributed by atoms with Crippen LogP contribution in [0.25, 0.3) is 0 Å². The maximum atomic E-state index is 13.4. The molecule has 0 radical (unpaired) electrons. The van der Waals surface area contributed by atoms with E-state index < -0.39 is 0 Å². The van der Waals surface area contributed by atoms with Gasteiger partial charge in [-0.1, -0.05) is 12.1 Å². The number of nitrogens with one attached hydrogen (secondary N) is 2. The molecule has 2 N–H and O–H groups in total. The van der Waals surface area contributed by atoms with Crippen LogP contribution < -0.4 is 10.6 Å². The zero-order chi connectivity index (χ0) is 15.2. The van der Waals surface area contributed by atoms with Gasteiger partial charge in [0.25, 0.3) is 0 Å². The first-order valence-electron chi connectivity index (χ1n) is 7.48. The lowest BCUT2D eigenvalue weighted by molar-refractivity contribution is -0.125. The third kappa shape index (κ3) is 5.23. The van der Waals surface area contributed by atoms with Gasteiger partial charge in [0, 0.05) is 12.5 Å². The molecule has 1 saturated heterocycles. The van der Waals surface area contributed by atoms with E-state index in [2.05, 4.69) is 10.6 Å². The summed E-state index contributed by atoms with van der Waals surface area (Å²) in [7, 11) is 3.87. The van der Waals surface area contributed by atoms with Crippen LogP contribution in [0.1, 0.15) is 24.4 Å². The van der Waals surface area contributed by atoms with Gasteiger partial charge < -0.3 is 15.5 Å². The Kier molecular flexibility index (Phi) is 7.79. The molecule has 1 fully saturated rings. The van der Waals surface area contributed by atoms with E-state index in [1.54, 1.807) is 6.07 Å². The molecule has 2 rings (SSSR count). The molecule has 1 heterocycles. The Balaban J connectivity index is 0.00000242. The van der Waals surface area contributed by atoms with E-state index in [9.17, 15) is 9.18 Å². The molecule has 124 valence electrons. The molecule has 0 spiro atoms. The summed E-state index contributed by atoms with van der Waals surface area (Å²) in [6.45, 7) is 2.30. The summed E-state index contributed by atoms with van der Waals surface area (Å²) < 4.78 is 13.4. The van der Waals surface area contributed by atoms with Gasteiger partial charge in [0.2, 0.25) is 5.91 Å². The quantitative estimate of drug-likeness (QED) is 0.868. The van der Waals surface area contributed by atoms with Crippen molar-refractivity contribution in [3.05, 3.63) is 35.6 Å². The van der Waals surface area contributed by atoms with Gasteiger partial charge in [-0.3, -0.25) is 4.79 Å². The molecule has 1 atom stereocenters. The molecule has 0 aliphatic carbocycles. The molecule has 22 heavy (non-hydrogen) atoms. The fraction of sp³-hybridized carbons (Fsp3) is 0.562. The van der Waals surface area contributed by atoms with Crippen molar-refractivity contribution in [1.29, 1.82) is 0 Å². The number of amides is 1. The number of nitrogens with zero attached hydrogens (tertiary/aromatic N) is 1. The van der Waals surface area contributed by atoms with Gasteiger partial charge in [-0.25, -0.2) is 4.39 Å². The zero-order valence-corrected chi connectivity index (χ0v) is 14.0. The minimum atomic E-state index is -0.246. The summed E-state index contributed by atoms with van der Waals surface area (Å²) in [6.07, 6.45) is 1.77. The molecule has 1 unspecified atom stereocenters. The predicted molar refractivity (Wildman–Crippen MR) is 88.7 cm³/mol. The SMILES string of the molecule is CN(C)C(CNC(=O)C1CCNCC1)c1cccc(F)c1.Cl. The molecule has 0 aromatic heterocycles. The van der Waals surface area contributed by atoms with E-state index >= 15 is 0 Å². The largest absolute Gasteiger partial charge is 0.354 e. The van der Waals surface area contributed by atoms with E-state index in [0.29, 0.717) is 6.54 Å². The maximum Gasteiger partial charge on any atom is 0.223 e. The van der Waals surface area contributed by atoms with Gasteiger partial charge in [-0.2, -0.15) is 0 Å². The number of hydrogen-bond donors (Lipinski definition) is 2. The van der Waals surface area contributed by atoms with E-state index in [-0.39, 0.29) is 36.1 Å². The molecule has 0 saturated carbocycles. The van der Waals surface area contributed by atoms with Crippen molar-refractivity contribution in [3.8, 4) is 0 Å². The van der Waals surface area contributed by atoms with Crippen molar-refractivity contribution in [2.45, 2.75) is 18.9 Å². The van der Waals surface area contributed by atoms with E-state index in [1.807, 2.05) is 25.1 Å². The van der Waals surface area contributed by atoms with Gasteiger partial charge in [-0.05, 0) is 57.7 Å². The van der Waals surface area contributed by atoms with Gasteiger partial charge in [-0.15, -0.1) is 12.4 Å². The van der Waals surface area contributed by atoms with E-state index in [1.165, 1.54) is 12.1 Å².